The third kappa shape index (κ3) is 2.98. The summed E-state index contributed by atoms with van der Waals surface area (Å²) in [6.45, 7) is 3.13. The van der Waals surface area contributed by atoms with Crippen molar-refractivity contribution in [3.05, 3.63) is 58.1 Å². The minimum Gasteiger partial charge on any atom is -0.384 e. The number of thioether (sulfide) groups is 1. The highest BCUT2D eigenvalue weighted by Crippen LogP contribution is 2.36. The van der Waals surface area contributed by atoms with Crippen LogP contribution in [-0.2, 0) is 6.42 Å². The zero-order valence-corrected chi connectivity index (χ0v) is 13.2. The molecule has 1 nitrogen and oxygen atoms in total. The lowest BCUT2D eigenvalue weighted by molar-refractivity contribution is 0.899. The molecule has 0 saturated carbocycles. The first-order valence-corrected chi connectivity index (χ1v) is 8.14. The minimum atomic E-state index is 0.640. The van der Waals surface area contributed by atoms with E-state index in [0.717, 1.165) is 6.54 Å². The highest BCUT2D eigenvalue weighted by Gasteiger charge is 2.21. The number of anilines is 1. The number of nitrogens with one attached hydrogen (secondary N) is 1. The van der Waals surface area contributed by atoms with Gasteiger partial charge in [-0.1, -0.05) is 34.1 Å². The first-order chi connectivity index (χ1) is 9.22. The van der Waals surface area contributed by atoms with E-state index < -0.39 is 0 Å². The normalized spacial score (nSPS) is 17.3. The number of aryl methyl sites for hydroxylation is 1. The van der Waals surface area contributed by atoms with E-state index in [2.05, 4.69) is 70.6 Å². The lowest BCUT2D eigenvalue weighted by Gasteiger charge is -2.12. The van der Waals surface area contributed by atoms with Crippen molar-refractivity contribution in [2.45, 2.75) is 23.5 Å². The van der Waals surface area contributed by atoms with Gasteiger partial charge >= 0.3 is 0 Å². The van der Waals surface area contributed by atoms with Crippen LogP contribution in [0.4, 0.5) is 5.69 Å². The second-order valence-corrected chi connectivity index (χ2v) is 7.09. The molecular weight excluding hydrogens is 318 g/mol. The van der Waals surface area contributed by atoms with Gasteiger partial charge in [0.1, 0.15) is 0 Å². The van der Waals surface area contributed by atoms with Crippen molar-refractivity contribution in [3.8, 4) is 0 Å². The Morgan fingerprint density at radius 3 is 2.89 bits per heavy atom. The van der Waals surface area contributed by atoms with Crippen molar-refractivity contribution in [2.24, 2.45) is 0 Å². The van der Waals surface area contributed by atoms with Gasteiger partial charge in [0.05, 0.1) is 0 Å². The second kappa shape index (κ2) is 5.59. The number of fused-ring (bicyclic) bond motifs is 1. The molecule has 0 aliphatic carbocycles. The van der Waals surface area contributed by atoms with E-state index in [4.69, 9.17) is 0 Å². The van der Waals surface area contributed by atoms with Crippen molar-refractivity contribution in [1.29, 1.82) is 0 Å². The molecule has 0 spiro atoms. The molecule has 0 amide bonds. The number of rotatable bonds is 3. The Morgan fingerprint density at radius 1 is 1.26 bits per heavy atom. The van der Waals surface area contributed by atoms with E-state index >= 15 is 0 Å². The van der Waals surface area contributed by atoms with Gasteiger partial charge < -0.3 is 5.32 Å². The van der Waals surface area contributed by atoms with Crippen LogP contribution in [0.1, 0.15) is 11.1 Å². The van der Waals surface area contributed by atoms with E-state index in [0.29, 0.717) is 5.25 Å². The third-order valence-corrected chi connectivity index (χ3v) is 5.61. The molecule has 1 N–H and O–H groups in total. The van der Waals surface area contributed by atoms with Gasteiger partial charge in [0.2, 0.25) is 0 Å². The monoisotopic (exact) mass is 333 g/mol. The van der Waals surface area contributed by atoms with Crippen LogP contribution in [0.15, 0.2) is 51.8 Å². The van der Waals surface area contributed by atoms with Gasteiger partial charge in [0.15, 0.2) is 0 Å². The molecule has 1 heterocycles. The van der Waals surface area contributed by atoms with Crippen LogP contribution in [0, 0.1) is 6.92 Å². The first kappa shape index (κ1) is 13.1. The summed E-state index contributed by atoms with van der Waals surface area (Å²) >= 11 is 5.53. The molecule has 19 heavy (non-hydrogen) atoms. The minimum absolute atomic E-state index is 0.640. The molecule has 0 fully saturated rings. The first-order valence-electron chi connectivity index (χ1n) is 6.47. The van der Waals surface area contributed by atoms with Gasteiger partial charge in [0, 0.05) is 26.9 Å². The van der Waals surface area contributed by atoms with Gasteiger partial charge in [-0.2, -0.15) is 0 Å². The molecule has 0 radical (unpaired) electrons. The Morgan fingerprint density at radius 2 is 2.11 bits per heavy atom. The maximum absolute atomic E-state index is 3.55. The standard InChI is InChI=1S/C16H16BrNS/c1-11-8-13(6-7-15(11)17)18-10-14-9-12-4-2-3-5-16(12)19-14/h2-8,14,18H,9-10H2,1H3. The summed E-state index contributed by atoms with van der Waals surface area (Å²) in [7, 11) is 0. The van der Waals surface area contributed by atoms with Gasteiger partial charge in [-0.05, 0) is 48.7 Å². The molecule has 3 heteroatoms. The van der Waals surface area contributed by atoms with Crippen LogP contribution in [-0.4, -0.2) is 11.8 Å². The van der Waals surface area contributed by atoms with Crippen molar-refractivity contribution in [2.75, 3.05) is 11.9 Å². The van der Waals surface area contributed by atoms with Crippen LogP contribution in [0.5, 0.6) is 0 Å². The average Bonchev–Trinajstić information content (AvgIpc) is 2.83. The fourth-order valence-corrected chi connectivity index (χ4v) is 3.85. The van der Waals surface area contributed by atoms with Crippen molar-refractivity contribution >= 4 is 33.4 Å². The number of hydrogen-bond donors (Lipinski definition) is 1. The zero-order valence-electron chi connectivity index (χ0n) is 10.8. The van der Waals surface area contributed by atoms with Gasteiger partial charge in [-0.3, -0.25) is 0 Å². The Labute approximate surface area is 126 Å². The van der Waals surface area contributed by atoms with Crippen LogP contribution in [0.2, 0.25) is 0 Å². The smallest absolute Gasteiger partial charge is 0.0343 e. The van der Waals surface area contributed by atoms with Crippen LogP contribution in [0.25, 0.3) is 0 Å². The molecule has 1 aliphatic heterocycles. The van der Waals surface area contributed by atoms with E-state index in [9.17, 15) is 0 Å². The molecule has 1 unspecified atom stereocenters. The summed E-state index contributed by atoms with van der Waals surface area (Å²) in [5.41, 5.74) is 3.97. The third-order valence-electron chi connectivity index (χ3n) is 3.41. The van der Waals surface area contributed by atoms with Crippen LogP contribution >= 0.6 is 27.7 Å². The molecule has 2 aromatic rings. The number of halogens is 1. The average molecular weight is 334 g/mol. The summed E-state index contributed by atoms with van der Waals surface area (Å²) in [5, 5.41) is 4.19. The van der Waals surface area contributed by atoms with Crippen LogP contribution < -0.4 is 5.32 Å². The molecule has 0 bridgehead atoms. The predicted octanol–water partition coefficient (Wildman–Crippen LogP) is 4.89. The maximum atomic E-state index is 3.55. The van der Waals surface area contributed by atoms with E-state index in [1.54, 1.807) is 0 Å². The lowest BCUT2D eigenvalue weighted by Crippen LogP contribution is -2.15. The predicted molar refractivity (Wildman–Crippen MR) is 87.2 cm³/mol. The van der Waals surface area contributed by atoms with Crippen molar-refractivity contribution < 1.29 is 0 Å². The lowest BCUT2D eigenvalue weighted by atomic mass is 10.1. The van der Waals surface area contributed by atoms with Crippen molar-refractivity contribution in [3.63, 3.8) is 0 Å². The molecule has 1 aliphatic rings. The second-order valence-electron chi connectivity index (χ2n) is 4.90. The Hall–Kier alpha value is -0.930. The Bertz CT molecular complexity index is 572. The highest BCUT2D eigenvalue weighted by molar-refractivity contribution is 9.10. The topological polar surface area (TPSA) is 12.0 Å². The van der Waals surface area contributed by atoms with Crippen molar-refractivity contribution in [1.82, 2.24) is 0 Å². The largest absolute Gasteiger partial charge is 0.384 e. The Kier molecular flexibility index (Phi) is 3.85. The molecule has 98 valence electrons. The number of hydrogen-bond acceptors (Lipinski definition) is 2. The number of benzene rings is 2. The van der Waals surface area contributed by atoms with E-state index in [1.165, 1.54) is 32.6 Å². The highest BCUT2D eigenvalue weighted by atomic mass is 79.9. The summed E-state index contributed by atoms with van der Waals surface area (Å²) in [6.07, 6.45) is 1.17. The summed E-state index contributed by atoms with van der Waals surface area (Å²) in [5.74, 6) is 0. The zero-order chi connectivity index (χ0) is 13.2. The molecule has 2 aromatic carbocycles. The van der Waals surface area contributed by atoms with E-state index in [1.807, 2.05) is 11.8 Å². The fraction of sp³-hybridized carbons (Fsp3) is 0.250. The molecule has 0 saturated heterocycles. The molecule has 1 atom stereocenters. The molecule has 3 rings (SSSR count). The summed E-state index contributed by atoms with van der Waals surface area (Å²) in [6, 6.07) is 15.2. The molecular formula is C16H16BrNS. The van der Waals surface area contributed by atoms with Gasteiger partial charge in [-0.25, -0.2) is 0 Å². The summed E-state index contributed by atoms with van der Waals surface area (Å²) in [4.78, 5) is 1.45. The SMILES string of the molecule is Cc1cc(NCC2Cc3ccccc3S2)ccc1Br. The Balaban J connectivity index is 1.61. The van der Waals surface area contributed by atoms with Gasteiger partial charge in [0.25, 0.3) is 0 Å². The maximum Gasteiger partial charge on any atom is 0.0343 e. The quantitative estimate of drug-likeness (QED) is 0.858. The van der Waals surface area contributed by atoms with Crippen LogP contribution in [0.3, 0.4) is 0 Å². The van der Waals surface area contributed by atoms with Gasteiger partial charge in [-0.15, -0.1) is 11.8 Å². The molecule has 0 aromatic heterocycles. The fourth-order valence-electron chi connectivity index (χ4n) is 2.35. The summed E-state index contributed by atoms with van der Waals surface area (Å²) < 4.78 is 1.17. The van der Waals surface area contributed by atoms with E-state index in [-0.39, 0.29) is 0 Å².